The highest BCUT2D eigenvalue weighted by molar-refractivity contribution is 5.95. The van der Waals surface area contributed by atoms with E-state index in [1.807, 2.05) is 37.3 Å². The van der Waals surface area contributed by atoms with Gasteiger partial charge in [-0.15, -0.1) is 0 Å². The van der Waals surface area contributed by atoms with Crippen molar-refractivity contribution in [2.45, 2.75) is 25.8 Å². The quantitative estimate of drug-likeness (QED) is 0.901. The van der Waals surface area contributed by atoms with Gasteiger partial charge in [-0.1, -0.05) is 18.2 Å². The number of hydrogen-bond donors (Lipinski definition) is 2. The Labute approximate surface area is 124 Å². The first kappa shape index (κ1) is 13.8. The van der Waals surface area contributed by atoms with Crippen molar-refractivity contribution in [3.05, 3.63) is 47.8 Å². The van der Waals surface area contributed by atoms with E-state index in [2.05, 4.69) is 15.7 Å². The highest BCUT2D eigenvalue weighted by Crippen LogP contribution is 2.14. The average Bonchev–Trinajstić information content (AvgIpc) is 2.91. The second-order valence-corrected chi connectivity index (χ2v) is 5.41. The van der Waals surface area contributed by atoms with E-state index < -0.39 is 0 Å². The van der Waals surface area contributed by atoms with Gasteiger partial charge in [0.15, 0.2) is 0 Å². The second-order valence-electron chi connectivity index (χ2n) is 5.41. The zero-order valence-corrected chi connectivity index (χ0v) is 12.2. The van der Waals surface area contributed by atoms with Gasteiger partial charge in [-0.2, -0.15) is 5.10 Å². The fraction of sp³-hybridized carbons (Fsp3) is 0.375. The van der Waals surface area contributed by atoms with E-state index in [4.69, 9.17) is 0 Å². The Morgan fingerprint density at radius 2 is 2.19 bits per heavy atom. The molecule has 0 radical (unpaired) electrons. The van der Waals surface area contributed by atoms with Crippen molar-refractivity contribution >= 4 is 5.91 Å². The van der Waals surface area contributed by atoms with Crippen LogP contribution in [-0.2, 0) is 0 Å². The van der Waals surface area contributed by atoms with Crippen LogP contribution in [0.3, 0.4) is 0 Å². The number of para-hydroxylation sites is 1. The zero-order chi connectivity index (χ0) is 14.7. The van der Waals surface area contributed by atoms with Gasteiger partial charge in [0.2, 0.25) is 0 Å². The van der Waals surface area contributed by atoms with Gasteiger partial charge in [0.25, 0.3) is 5.91 Å². The summed E-state index contributed by atoms with van der Waals surface area (Å²) in [5.41, 5.74) is 2.47. The minimum absolute atomic E-state index is 0.0385. The van der Waals surface area contributed by atoms with Crippen LogP contribution in [-0.4, -0.2) is 34.8 Å². The standard InChI is InChI=1S/C16H20N4O/c1-12-15(16(21)19-13-6-5-9-17-10-13)11-18-20(12)14-7-3-2-4-8-14/h2-4,7-8,11,13,17H,5-6,9-10H2,1H3,(H,19,21)/t13-/m0/s1. The molecule has 1 aliphatic heterocycles. The number of nitrogens with one attached hydrogen (secondary N) is 2. The van der Waals surface area contributed by atoms with Crippen LogP contribution in [0.4, 0.5) is 0 Å². The summed E-state index contributed by atoms with van der Waals surface area (Å²) in [6, 6.07) is 10.1. The maximum absolute atomic E-state index is 12.4. The van der Waals surface area contributed by atoms with Crippen LogP contribution in [0.25, 0.3) is 5.69 Å². The number of nitrogens with zero attached hydrogens (tertiary/aromatic N) is 2. The molecule has 0 bridgehead atoms. The molecule has 1 atom stereocenters. The lowest BCUT2D eigenvalue weighted by atomic mass is 10.1. The molecule has 2 N–H and O–H groups in total. The number of benzene rings is 1. The molecule has 3 rings (SSSR count). The lowest BCUT2D eigenvalue weighted by Gasteiger charge is -2.23. The predicted octanol–water partition coefficient (Wildman–Crippen LogP) is 1.66. The summed E-state index contributed by atoms with van der Waals surface area (Å²) in [5.74, 6) is -0.0385. The molecule has 21 heavy (non-hydrogen) atoms. The average molecular weight is 284 g/mol. The maximum Gasteiger partial charge on any atom is 0.255 e. The fourth-order valence-electron chi connectivity index (χ4n) is 2.70. The summed E-state index contributed by atoms with van der Waals surface area (Å²) in [6.45, 7) is 3.81. The second kappa shape index (κ2) is 6.10. The largest absolute Gasteiger partial charge is 0.348 e. The van der Waals surface area contributed by atoms with Crippen molar-refractivity contribution in [2.75, 3.05) is 13.1 Å². The molecule has 1 aromatic carbocycles. The third kappa shape index (κ3) is 2.97. The number of carbonyl (C=O) groups excluding carboxylic acids is 1. The first-order chi connectivity index (χ1) is 10.3. The van der Waals surface area contributed by atoms with Crippen molar-refractivity contribution in [2.24, 2.45) is 0 Å². The summed E-state index contributed by atoms with van der Waals surface area (Å²) in [7, 11) is 0. The SMILES string of the molecule is Cc1c(C(=O)N[C@H]2CCCNC2)cnn1-c1ccccc1. The van der Waals surface area contributed by atoms with Crippen LogP contribution < -0.4 is 10.6 Å². The van der Waals surface area contributed by atoms with Gasteiger partial charge in [-0.25, -0.2) is 4.68 Å². The highest BCUT2D eigenvalue weighted by atomic mass is 16.1. The predicted molar refractivity (Wildman–Crippen MR) is 81.7 cm³/mol. The van der Waals surface area contributed by atoms with Crippen LogP contribution >= 0.6 is 0 Å². The smallest absolute Gasteiger partial charge is 0.255 e. The molecule has 2 heterocycles. The van der Waals surface area contributed by atoms with E-state index in [0.717, 1.165) is 37.3 Å². The normalized spacial score (nSPS) is 18.4. The van der Waals surface area contributed by atoms with Crippen LogP contribution in [0, 0.1) is 6.92 Å². The Bertz CT molecular complexity index is 614. The Morgan fingerprint density at radius 3 is 2.90 bits per heavy atom. The van der Waals surface area contributed by atoms with Gasteiger partial charge in [0.1, 0.15) is 0 Å². The Kier molecular flexibility index (Phi) is 4.01. The van der Waals surface area contributed by atoms with E-state index >= 15 is 0 Å². The molecular weight excluding hydrogens is 264 g/mol. The number of piperidine rings is 1. The minimum atomic E-state index is -0.0385. The molecule has 2 aromatic rings. The molecule has 1 aliphatic rings. The van der Waals surface area contributed by atoms with Crippen molar-refractivity contribution in [3.63, 3.8) is 0 Å². The van der Waals surface area contributed by atoms with Gasteiger partial charge >= 0.3 is 0 Å². The first-order valence-electron chi connectivity index (χ1n) is 7.37. The number of carbonyl (C=O) groups is 1. The monoisotopic (exact) mass is 284 g/mol. The molecule has 0 aliphatic carbocycles. The number of aromatic nitrogens is 2. The third-order valence-electron chi connectivity index (χ3n) is 3.89. The zero-order valence-electron chi connectivity index (χ0n) is 12.2. The molecule has 0 spiro atoms. The fourth-order valence-corrected chi connectivity index (χ4v) is 2.70. The summed E-state index contributed by atoms with van der Waals surface area (Å²) >= 11 is 0. The van der Waals surface area contributed by atoms with Gasteiger partial charge in [-0.3, -0.25) is 4.79 Å². The lowest BCUT2D eigenvalue weighted by Crippen LogP contribution is -2.45. The molecule has 5 heteroatoms. The summed E-state index contributed by atoms with van der Waals surface area (Å²) < 4.78 is 1.80. The van der Waals surface area contributed by atoms with Gasteiger partial charge < -0.3 is 10.6 Å². The van der Waals surface area contributed by atoms with Crippen LogP contribution in [0.15, 0.2) is 36.5 Å². The molecule has 0 saturated carbocycles. The van der Waals surface area contributed by atoms with Crippen molar-refractivity contribution in [1.82, 2.24) is 20.4 Å². The summed E-state index contributed by atoms with van der Waals surface area (Å²) in [6.07, 6.45) is 3.78. The number of amides is 1. The maximum atomic E-state index is 12.4. The molecule has 110 valence electrons. The van der Waals surface area contributed by atoms with E-state index in [0.29, 0.717) is 5.56 Å². The molecule has 0 unspecified atom stereocenters. The number of rotatable bonds is 3. The van der Waals surface area contributed by atoms with Crippen LogP contribution in [0.1, 0.15) is 28.9 Å². The molecule has 1 aromatic heterocycles. The molecule has 1 amide bonds. The lowest BCUT2D eigenvalue weighted by molar-refractivity contribution is 0.0930. The molecule has 5 nitrogen and oxygen atoms in total. The van der Waals surface area contributed by atoms with Crippen LogP contribution in [0.5, 0.6) is 0 Å². The number of hydrogen-bond acceptors (Lipinski definition) is 3. The van der Waals surface area contributed by atoms with Crippen LogP contribution in [0.2, 0.25) is 0 Å². The third-order valence-corrected chi connectivity index (χ3v) is 3.89. The topological polar surface area (TPSA) is 59.0 Å². The Morgan fingerprint density at radius 1 is 1.38 bits per heavy atom. The molecule has 1 saturated heterocycles. The molecule has 1 fully saturated rings. The van der Waals surface area contributed by atoms with E-state index in [1.165, 1.54) is 0 Å². The minimum Gasteiger partial charge on any atom is -0.348 e. The molecular formula is C16H20N4O. The van der Waals surface area contributed by atoms with E-state index in [1.54, 1.807) is 10.9 Å². The van der Waals surface area contributed by atoms with Crippen molar-refractivity contribution in [1.29, 1.82) is 0 Å². The Balaban J connectivity index is 1.77. The van der Waals surface area contributed by atoms with E-state index in [-0.39, 0.29) is 11.9 Å². The summed E-state index contributed by atoms with van der Waals surface area (Å²) in [4.78, 5) is 12.4. The van der Waals surface area contributed by atoms with Crippen molar-refractivity contribution in [3.8, 4) is 5.69 Å². The highest BCUT2D eigenvalue weighted by Gasteiger charge is 2.19. The Hall–Kier alpha value is -2.14. The van der Waals surface area contributed by atoms with Gasteiger partial charge in [0, 0.05) is 12.6 Å². The summed E-state index contributed by atoms with van der Waals surface area (Å²) in [5, 5.41) is 10.7. The first-order valence-corrected chi connectivity index (χ1v) is 7.37. The van der Waals surface area contributed by atoms with Gasteiger partial charge in [0.05, 0.1) is 23.1 Å². The van der Waals surface area contributed by atoms with Gasteiger partial charge in [-0.05, 0) is 38.4 Å². The van der Waals surface area contributed by atoms with Crippen molar-refractivity contribution < 1.29 is 4.79 Å². The van der Waals surface area contributed by atoms with E-state index in [9.17, 15) is 4.79 Å².